The molecule has 0 amide bonds. The molecule has 0 aliphatic carbocycles. The molecule has 0 unspecified atom stereocenters. The highest BCUT2D eigenvalue weighted by atomic mass is 32.1. The average molecular weight is 252 g/mol. The Morgan fingerprint density at radius 1 is 1.41 bits per heavy atom. The zero-order chi connectivity index (χ0) is 11.9. The Labute approximate surface area is 109 Å². The standard InChI is InChI=1S/C14H24N2S/c1-2-3-8-16-9-6-13(7-10-16)15-12-14-5-4-11-17-14/h4-5,11,13,15H,2-3,6-10,12H2,1H3. The Kier molecular flexibility index (Phi) is 5.49. The summed E-state index contributed by atoms with van der Waals surface area (Å²) in [5, 5.41) is 5.84. The van der Waals surface area contributed by atoms with Gasteiger partial charge in [-0.2, -0.15) is 0 Å². The van der Waals surface area contributed by atoms with Crippen molar-refractivity contribution in [3.05, 3.63) is 22.4 Å². The van der Waals surface area contributed by atoms with Crippen LogP contribution in [0.4, 0.5) is 0 Å². The molecule has 1 saturated heterocycles. The number of unbranched alkanes of at least 4 members (excludes halogenated alkanes) is 1. The molecule has 2 rings (SSSR count). The zero-order valence-corrected chi connectivity index (χ0v) is 11.6. The number of hydrogen-bond acceptors (Lipinski definition) is 3. The minimum atomic E-state index is 0.731. The van der Waals surface area contributed by atoms with Crippen LogP contribution in [0.3, 0.4) is 0 Å². The second-order valence-corrected chi connectivity index (χ2v) is 5.96. The Bertz CT molecular complexity index is 289. The Morgan fingerprint density at radius 3 is 2.88 bits per heavy atom. The molecule has 3 heteroatoms. The number of piperidine rings is 1. The fourth-order valence-electron chi connectivity index (χ4n) is 2.40. The monoisotopic (exact) mass is 252 g/mol. The molecule has 0 atom stereocenters. The molecule has 1 aromatic rings. The van der Waals surface area contributed by atoms with Crippen LogP contribution in [0.5, 0.6) is 0 Å². The van der Waals surface area contributed by atoms with E-state index >= 15 is 0 Å². The van der Waals surface area contributed by atoms with E-state index in [4.69, 9.17) is 0 Å². The normalized spacial score (nSPS) is 18.6. The average Bonchev–Trinajstić information content (AvgIpc) is 2.88. The molecule has 0 spiro atoms. The van der Waals surface area contributed by atoms with Crippen molar-refractivity contribution in [1.29, 1.82) is 0 Å². The van der Waals surface area contributed by atoms with E-state index in [2.05, 4.69) is 34.7 Å². The van der Waals surface area contributed by atoms with Gasteiger partial charge in [0.2, 0.25) is 0 Å². The Hall–Kier alpha value is -0.380. The van der Waals surface area contributed by atoms with Crippen molar-refractivity contribution in [2.24, 2.45) is 0 Å². The third-order valence-corrected chi connectivity index (χ3v) is 4.44. The van der Waals surface area contributed by atoms with E-state index in [9.17, 15) is 0 Å². The van der Waals surface area contributed by atoms with Crippen LogP contribution >= 0.6 is 11.3 Å². The van der Waals surface area contributed by atoms with Crippen molar-refractivity contribution in [3.8, 4) is 0 Å². The first kappa shape index (κ1) is 13.1. The summed E-state index contributed by atoms with van der Waals surface area (Å²) in [7, 11) is 0. The van der Waals surface area contributed by atoms with Gasteiger partial charge in [-0.25, -0.2) is 0 Å². The van der Waals surface area contributed by atoms with Gasteiger partial charge in [0.15, 0.2) is 0 Å². The van der Waals surface area contributed by atoms with Crippen LogP contribution in [-0.2, 0) is 6.54 Å². The zero-order valence-electron chi connectivity index (χ0n) is 10.8. The van der Waals surface area contributed by atoms with Crippen LogP contribution in [0.1, 0.15) is 37.5 Å². The van der Waals surface area contributed by atoms with E-state index in [1.54, 1.807) is 0 Å². The van der Waals surface area contributed by atoms with E-state index in [1.807, 2.05) is 11.3 Å². The SMILES string of the molecule is CCCCN1CCC(NCc2cccs2)CC1. The lowest BCUT2D eigenvalue weighted by Crippen LogP contribution is -2.42. The van der Waals surface area contributed by atoms with Crippen LogP contribution in [0.15, 0.2) is 17.5 Å². The number of thiophene rings is 1. The van der Waals surface area contributed by atoms with Crippen LogP contribution < -0.4 is 5.32 Å². The minimum absolute atomic E-state index is 0.731. The van der Waals surface area contributed by atoms with Gasteiger partial charge in [-0.05, 0) is 50.3 Å². The van der Waals surface area contributed by atoms with Crippen LogP contribution in [0, 0.1) is 0 Å². The van der Waals surface area contributed by atoms with Crippen LogP contribution in [0.2, 0.25) is 0 Å². The minimum Gasteiger partial charge on any atom is -0.309 e. The highest BCUT2D eigenvalue weighted by molar-refractivity contribution is 7.09. The molecule has 0 radical (unpaired) electrons. The number of likely N-dealkylation sites (tertiary alicyclic amines) is 1. The van der Waals surface area contributed by atoms with E-state index in [1.165, 1.54) is 50.2 Å². The summed E-state index contributed by atoms with van der Waals surface area (Å²) in [5.74, 6) is 0. The first-order valence-electron chi connectivity index (χ1n) is 6.86. The van der Waals surface area contributed by atoms with E-state index in [-0.39, 0.29) is 0 Å². The number of rotatable bonds is 6. The van der Waals surface area contributed by atoms with Gasteiger partial charge in [0, 0.05) is 17.5 Å². The molecule has 0 aromatic carbocycles. The summed E-state index contributed by atoms with van der Waals surface area (Å²) in [6, 6.07) is 5.08. The quantitative estimate of drug-likeness (QED) is 0.837. The van der Waals surface area contributed by atoms with Crippen molar-refractivity contribution in [1.82, 2.24) is 10.2 Å². The van der Waals surface area contributed by atoms with Crippen LogP contribution in [0.25, 0.3) is 0 Å². The molecule has 1 aromatic heterocycles. The van der Waals surface area contributed by atoms with Gasteiger partial charge in [-0.1, -0.05) is 19.4 Å². The number of nitrogens with one attached hydrogen (secondary N) is 1. The van der Waals surface area contributed by atoms with Gasteiger partial charge in [-0.3, -0.25) is 0 Å². The van der Waals surface area contributed by atoms with Crippen LogP contribution in [-0.4, -0.2) is 30.6 Å². The number of hydrogen-bond donors (Lipinski definition) is 1. The predicted octanol–water partition coefficient (Wildman–Crippen LogP) is 3.10. The predicted molar refractivity (Wildman–Crippen MR) is 75.5 cm³/mol. The summed E-state index contributed by atoms with van der Waals surface area (Å²) in [4.78, 5) is 4.07. The second kappa shape index (κ2) is 7.14. The smallest absolute Gasteiger partial charge is 0.0302 e. The maximum absolute atomic E-state index is 3.68. The molecule has 17 heavy (non-hydrogen) atoms. The Morgan fingerprint density at radius 2 is 2.24 bits per heavy atom. The lowest BCUT2D eigenvalue weighted by Gasteiger charge is -2.32. The molecule has 2 nitrogen and oxygen atoms in total. The number of nitrogens with zero attached hydrogens (tertiary/aromatic N) is 1. The van der Waals surface area contributed by atoms with Crippen molar-refractivity contribution in [3.63, 3.8) is 0 Å². The second-order valence-electron chi connectivity index (χ2n) is 4.93. The topological polar surface area (TPSA) is 15.3 Å². The first-order valence-corrected chi connectivity index (χ1v) is 7.74. The summed E-state index contributed by atoms with van der Waals surface area (Å²) in [5.41, 5.74) is 0. The summed E-state index contributed by atoms with van der Waals surface area (Å²) >= 11 is 1.85. The van der Waals surface area contributed by atoms with Gasteiger partial charge < -0.3 is 10.2 Å². The Balaban J connectivity index is 1.62. The summed E-state index contributed by atoms with van der Waals surface area (Å²) in [6.45, 7) is 7.19. The molecule has 0 saturated carbocycles. The van der Waals surface area contributed by atoms with Gasteiger partial charge in [-0.15, -0.1) is 11.3 Å². The van der Waals surface area contributed by atoms with E-state index in [0.717, 1.165) is 12.6 Å². The van der Waals surface area contributed by atoms with Gasteiger partial charge >= 0.3 is 0 Å². The summed E-state index contributed by atoms with van der Waals surface area (Å²) < 4.78 is 0. The maximum atomic E-state index is 3.68. The molecule has 1 N–H and O–H groups in total. The fraction of sp³-hybridized carbons (Fsp3) is 0.714. The third kappa shape index (κ3) is 4.41. The first-order chi connectivity index (χ1) is 8.38. The molecule has 1 aliphatic rings. The van der Waals surface area contributed by atoms with Crippen molar-refractivity contribution in [2.75, 3.05) is 19.6 Å². The largest absolute Gasteiger partial charge is 0.309 e. The van der Waals surface area contributed by atoms with Gasteiger partial charge in [0.05, 0.1) is 0 Å². The molecule has 1 fully saturated rings. The van der Waals surface area contributed by atoms with E-state index in [0.29, 0.717) is 0 Å². The highest BCUT2D eigenvalue weighted by Crippen LogP contribution is 2.13. The fourth-order valence-corrected chi connectivity index (χ4v) is 3.06. The van der Waals surface area contributed by atoms with Gasteiger partial charge in [0.25, 0.3) is 0 Å². The maximum Gasteiger partial charge on any atom is 0.0302 e. The third-order valence-electron chi connectivity index (χ3n) is 3.56. The van der Waals surface area contributed by atoms with Crippen molar-refractivity contribution < 1.29 is 0 Å². The summed E-state index contributed by atoms with van der Waals surface area (Å²) in [6.07, 6.45) is 5.30. The molecule has 2 heterocycles. The van der Waals surface area contributed by atoms with Crippen molar-refractivity contribution >= 4 is 11.3 Å². The van der Waals surface area contributed by atoms with E-state index < -0.39 is 0 Å². The molecular formula is C14H24N2S. The molecule has 0 bridgehead atoms. The van der Waals surface area contributed by atoms with Crippen molar-refractivity contribution in [2.45, 2.75) is 45.2 Å². The molecule has 1 aliphatic heterocycles. The lowest BCUT2D eigenvalue weighted by atomic mass is 10.0. The highest BCUT2D eigenvalue weighted by Gasteiger charge is 2.17. The molecule has 96 valence electrons. The lowest BCUT2D eigenvalue weighted by molar-refractivity contribution is 0.195. The molecular weight excluding hydrogens is 228 g/mol. The van der Waals surface area contributed by atoms with Gasteiger partial charge in [0.1, 0.15) is 0 Å².